The molecule has 0 unspecified atom stereocenters. The van der Waals surface area contributed by atoms with Crippen molar-refractivity contribution in [2.75, 3.05) is 13.1 Å². The second kappa shape index (κ2) is 7.19. The normalized spacial score (nSPS) is 19.0. The molecule has 0 saturated carbocycles. The van der Waals surface area contributed by atoms with Gasteiger partial charge in [0.15, 0.2) is 0 Å². The largest absolute Gasteiger partial charge is 0.317 e. The highest BCUT2D eigenvalue weighted by Gasteiger charge is 2.28. The Hall–Kier alpha value is -2.46. The number of benzene rings is 2. The summed E-state index contributed by atoms with van der Waals surface area (Å²) in [6.45, 7) is 1.93. The molecule has 1 amide bonds. The quantitative estimate of drug-likeness (QED) is 0.935. The van der Waals surface area contributed by atoms with E-state index in [0.717, 1.165) is 43.6 Å². The predicted molar refractivity (Wildman–Crippen MR) is 100 cm³/mol. The van der Waals surface area contributed by atoms with Crippen molar-refractivity contribution in [3.63, 3.8) is 0 Å². The van der Waals surface area contributed by atoms with Gasteiger partial charge in [-0.05, 0) is 42.6 Å². The van der Waals surface area contributed by atoms with Crippen molar-refractivity contribution in [2.24, 2.45) is 5.10 Å². The van der Waals surface area contributed by atoms with Crippen LogP contribution in [0.3, 0.4) is 0 Å². The monoisotopic (exact) mass is 333 g/mol. The summed E-state index contributed by atoms with van der Waals surface area (Å²) in [5, 5.41) is 9.83. The minimum Gasteiger partial charge on any atom is -0.317 e. The Balaban J connectivity index is 1.57. The van der Waals surface area contributed by atoms with E-state index in [4.69, 9.17) is 5.10 Å². The van der Waals surface area contributed by atoms with Crippen LogP contribution in [0.4, 0.5) is 0 Å². The lowest BCUT2D eigenvalue weighted by Gasteiger charge is -2.33. The molecule has 0 atom stereocenters. The number of carbonyl (C=O) groups is 1. The van der Waals surface area contributed by atoms with Crippen LogP contribution in [0.15, 0.2) is 59.7 Å². The summed E-state index contributed by atoms with van der Waals surface area (Å²) in [6.07, 6.45) is 3.25. The molecule has 1 fully saturated rings. The van der Waals surface area contributed by atoms with Gasteiger partial charge in [0.25, 0.3) is 0 Å². The van der Waals surface area contributed by atoms with Gasteiger partial charge in [-0.2, -0.15) is 5.10 Å². The summed E-state index contributed by atoms with van der Waals surface area (Å²) in [5.74, 6) is 0.163. The summed E-state index contributed by atoms with van der Waals surface area (Å²) in [6, 6.07) is 19.1. The van der Waals surface area contributed by atoms with Gasteiger partial charge in [-0.15, -0.1) is 0 Å². The first-order valence-electron chi connectivity index (χ1n) is 9.07. The van der Waals surface area contributed by atoms with Gasteiger partial charge in [-0.3, -0.25) is 4.79 Å². The molecule has 0 spiro atoms. The summed E-state index contributed by atoms with van der Waals surface area (Å²) >= 11 is 0. The van der Waals surface area contributed by atoms with E-state index in [-0.39, 0.29) is 11.9 Å². The zero-order valence-corrected chi connectivity index (χ0v) is 14.3. The lowest BCUT2D eigenvalue weighted by Crippen LogP contribution is -2.45. The molecule has 2 aromatic carbocycles. The average molecular weight is 333 g/mol. The maximum absolute atomic E-state index is 12.3. The maximum Gasteiger partial charge on any atom is 0.243 e. The van der Waals surface area contributed by atoms with E-state index in [1.54, 1.807) is 5.01 Å². The van der Waals surface area contributed by atoms with Crippen LogP contribution in [0.2, 0.25) is 0 Å². The Morgan fingerprint density at radius 3 is 2.20 bits per heavy atom. The standard InChI is InChI=1S/C21H23N3O/c25-21-11-10-20(23-24(21)19-12-14-22-15-13-19)18-8-6-17(7-9-18)16-4-2-1-3-5-16/h1-9,19,22H,10-15H2. The zero-order chi connectivity index (χ0) is 17.1. The van der Waals surface area contributed by atoms with Gasteiger partial charge in [0, 0.05) is 12.8 Å². The van der Waals surface area contributed by atoms with Crippen molar-refractivity contribution in [3.8, 4) is 11.1 Å². The molecule has 0 aromatic heterocycles. The van der Waals surface area contributed by atoms with Gasteiger partial charge in [0.1, 0.15) is 0 Å². The van der Waals surface area contributed by atoms with Crippen molar-refractivity contribution in [3.05, 3.63) is 60.2 Å². The van der Waals surface area contributed by atoms with E-state index >= 15 is 0 Å². The molecule has 4 nitrogen and oxygen atoms in total. The van der Waals surface area contributed by atoms with Crippen LogP contribution in [-0.2, 0) is 4.79 Å². The average Bonchev–Trinajstić information content (AvgIpc) is 2.70. The molecule has 1 N–H and O–H groups in total. The number of hydrogen-bond acceptors (Lipinski definition) is 3. The molecule has 2 aliphatic rings. The third kappa shape index (κ3) is 3.49. The minimum absolute atomic E-state index is 0.163. The first kappa shape index (κ1) is 16.0. The predicted octanol–water partition coefficient (Wildman–Crippen LogP) is 3.43. The minimum atomic E-state index is 0.163. The first-order chi connectivity index (χ1) is 12.3. The second-order valence-corrected chi connectivity index (χ2v) is 6.71. The van der Waals surface area contributed by atoms with Crippen LogP contribution < -0.4 is 5.32 Å². The van der Waals surface area contributed by atoms with E-state index in [9.17, 15) is 4.79 Å². The summed E-state index contributed by atoms with van der Waals surface area (Å²) in [4.78, 5) is 12.3. The SMILES string of the molecule is O=C1CCC(c2ccc(-c3ccccc3)cc2)=NN1C1CCNCC1. The fourth-order valence-corrected chi connectivity index (χ4v) is 3.60. The number of amides is 1. The lowest BCUT2D eigenvalue weighted by molar-refractivity contribution is -0.134. The highest BCUT2D eigenvalue weighted by atomic mass is 16.2. The molecule has 0 radical (unpaired) electrons. The molecule has 2 aromatic rings. The third-order valence-electron chi connectivity index (χ3n) is 5.04. The Morgan fingerprint density at radius 1 is 0.840 bits per heavy atom. The van der Waals surface area contributed by atoms with Gasteiger partial charge < -0.3 is 5.32 Å². The number of nitrogens with one attached hydrogen (secondary N) is 1. The number of nitrogens with zero attached hydrogens (tertiary/aromatic N) is 2. The fraction of sp³-hybridized carbons (Fsp3) is 0.333. The van der Waals surface area contributed by atoms with E-state index in [2.05, 4.69) is 53.8 Å². The lowest BCUT2D eigenvalue weighted by atomic mass is 9.99. The van der Waals surface area contributed by atoms with Gasteiger partial charge in [-0.25, -0.2) is 5.01 Å². The molecule has 1 saturated heterocycles. The Kier molecular flexibility index (Phi) is 4.61. The van der Waals surface area contributed by atoms with Crippen LogP contribution >= 0.6 is 0 Å². The molecule has 4 heteroatoms. The number of rotatable bonds is 3. The van der Waals surface area contributed by atoms with Gasteiger partial charge in [0.2, 0.25) is 5.91 Å². The highest BCUT2D eigenvalue weighted by molar-refractivity contribution is 6.04. The summed E-state index contributed by atoms with van der Waals surface area (Å²) in [5.41, 5.74) is 4.56. The Morgan fingerprint density at radius 2 is 1.48 bits per heavy atom. The van der Waals surface area contributed by atoms with Gasteiger partial charge in [0.05, 0.1) is 11.8 Å². The van der Waals surface area contributed by atoms with E-state index < -0.39 is 0 Å². The zero-order valence-electron chi connectivity index (χ0n) is 14.3. The van der Waals surface area contributed by atoms with Crippen LogP contribution in [0, 0.1) is 0 Å². The number of hydrogen-bond donors (Lipinski definition) is 1. The smallest absolute Gasteiger partial charge is 0.243 e. The molecular formula is C21H23N3O. The van der Waals surface area contributed by atoms with E-state index in [1.165, 1.54) is 11.1 Å². The van der Waals surface area contributed by atoms with Gasteiger partial charge in [-0.1, -0.05) is 54.6 Å². The van der Waals surface area contributed by atoms with Crippen LogP contribution in [0.25, 0.3) is 11.1 Å². The molecule has 0 bridgehead atoms. The van der Waals surface area contributed by atoms with E-state index in [1.807, 2.05) is 6.07 Å². The summed E-state index contributed by atoms with van der Waals surface area (Å²) < 4.78 is 0. The van der Waals surface area contributed by atoms with Crippen molar-refractivity contribution < 1.29 is 4.79 Å². The van der Waals surface area contributed by atoms with Crippen LogP contribution in [0.1, 0.15) is 31.2 Å². The molecule has 0 aliphatic carbocycles. The fourth-order valence-electron chi connectivity index (χ4n) is 3.60. The first-order valence-corrected chi connectivity index (χ1v) is 9.07. The Bertz CT molecular complexity index is 761. The maximum atomic E-state index is 12.3. The van der Waals surface area contributed by atoms with Crippen LogP contribution in [-0.4, -0.2) is 35.8 Å². The second-order valence-electron chi connectivity index (χ2n) is 6.71. The topological polar surface area (TPSA) is 44.7 Å². The molecule has 128 valence electrons. The molecule has 2 heterocycles. The number of piperidine rings is 1. The third-order valence-corrected chi connectivity index (χ3v) is 5.04. The number of carbonyl (C=O) groups excluding carboxylic acids is 1. The van der Waals surface area contributed by atoms with Crippen molar-refractivity contribution in [1.82, 2.24) is 10.3 Å². The Labute approximate surface area is 148 Å². The van der Waals surface area contributed by atoms with Gasteiger partial charge >= 0.3 is 0 Å². The van der Waals surface area contributed by atoms with Crippen molar-refractivity contribution in [1.29, 1.82) is 0 Å². The van der Waals surface area contributed by atoms with Crippen LogP contribution in [0.5, 0.6) is 0 Å². The van der Waals surface area contributed by atoms with Crippen molar-refractivity contribution >= 4 is 11.6 Å². The summed E-state index contributed by atoms with van der Waals surface area (Å²) in [7, 11) is 0. The molecule has 25 heavy (non-hydrogen) atoms. The molecular weight excluding hydrogens is 310 g/mol. The van der Waals surface area contributed by atoms with Crippen molar-refractivity contribution in [2.45, 2.75) is 31.7 Å². The van der Waals surface area contributed by atoms with E-state index in [0.29, 0.717) is 6.42 Å². The number of hydrazone groups is 1. The highest BCUT2D eigenvalue weighted by Crippen LogP contribution is 2.24. The molecule has 4 rings (SSSR count). The molecule has 2 aliphatic heterocycles.